The van der Waals surface area contributed by atoms with Crippen LogP contribution in [-0.4, -0.2) is 123 Å². The van der Waals surface area contributed by atoms with Gasteiger partial charge in [-0.1, -0.05) is 24.3 Å². The second-order valence-electron chi connectivity index (χ2n) is 14.3. The Morgan fingerprint density at radius 1 is 0.923 bits per heavy atom. The summed E-state index contributed by atoms with van der Waals surface area (Å²) < 4.78 is 17.8. The molecule has 2 saturated heterocycles. The van der Waals surface area contributed by atoms with Crippen molar-refractivity contribution in [3.8, 4) is 17.2 Å². The third kappa shape index (κ3) is 6.83. The van der Waals surface area contributed by atoms with Crippen LogP contribution in [0.3, 0.4) is 0 Å². The number of aliphatic hydroxyl groups excluding tert-OH is 1. The van der Waals surface area contributed by atoms with Gasteiger partial charge in [0.05, 0.1) is 36.7 Å². The van der Waals surface area contributed by atoms with Gasteiger partial charge in [0.1, 0.15) is 12.0 Å². The van der Waals surface area contributed by atoms with E-state index in [1.807, 2.05) is 37.4 Å². The van der Waals surface area contributed by atoms with Gasteiger partial charge in [0.25, 0.3) is 5.91 Å². The summed E-state index contributed by atoms with van der Waals surface area (Å²) >= 11 is 6.48. The average Bonchev–Trinajstić information content (AvgIpc) is 3.79. The number of anilines is 2. The first-order chi connectivity index (χ1) is 25.2. The van der Waals surface area contributed by atoms with Crippen LogP contribution in [-0.2, 0) is 4.79 Å². The summed E-state index contributed by atoms with van der Waals surface area (Å²) in [6.07, 6.45) is 2.92. The minimum atomic E-state index is -0.809. The van der Waals surface area contributed by atoms with Gasteiger partial charge in [-0.25, -0.2) is 4.79 Å². The molecular weight excluding hydrogens is 686 g/mol. The Morgan fingerprint density at radius 3 is 2.42 bits per heavy atom. The van der Waals surface area contributed by atoms with Crippen LogP contribution in [0.2, 0.25) is 0 Å². The molecule has 3 aromatic carbocycles. The molecule has 3 unspecified atom stereocenters. The first-order valence-corrected chi connectivity index (χ1v) is 18.9. The molecule has 3 aromatic rings. The molecule has 4 aliphatic rings. The number of unbranched alkanes of at least 4 members (excludes halogenated alkanes) is 2. The van der Waals surface area contributed by atoms with Crippen molar-refractivity contribution in [2.24, 2.45) is 0 Å². The van der Waals surface area contributed by atoms with E-state index in [1.165, 1.54) is 0 Å². The Hall–Kier alpha value is -4.26. The zero-order valence-corrected chi connectivity index (χ0v) is 30.9. The smallest absolute Gasteiger partial charge is 0.415 e. The molecule has 3 atom stereocenters. The quantitative estimate of drug-likeness (QED) is 0.220. The van der Waals surface area contributed by atoms with Crippen molar-refractivity contribution in [2.75, 3.05) is 82.8 Å². The van der Waals surface area contributed by atoms with Crippen molar-refractivity contribution in [3.63, 3.8) is 0 Å². The molecule has 2 fully saturated rings. The van der Waals surface area contributed by atoms with E-state index in [9.17, 15) is 19.5 Å². The van der Waals surface area contributed by atoms with Gasteiger partial charge in [-0.15, -0.1) is 11.6 Å². The number of aliphatic hydroxyl groups is 1. The highest BCUT2D eigenvalue weighted by Crippen LogP contribution is 2.46. The van der Waals surface area contributed by atoms with Crippen LogP contribution in [0.15, 0.2) is 42.5 Å². The van der Waals surface area contributed by atoms with Gasteiger partial charge in [-0.05, 0) is 56.2 Å². The molecule has 4 heterocycles. The van der Waals surface area contributed by atoms with Gasteiger partial charge in [-0.2, -0.15) is 0 Å². The highest BCUT2D eigenvalue weighted by Gasteiger charge is 2.41. The Morgan fingerprint density at radius 2 is 1.67 bits per heavy atom. The number of halogens is 1. The Labute approximate surface area is 309 Å². The fourth-order valence-corrected chi connectivity index (χ4v) is 8.33. The first-order valence-electron chi connectivity index (χ1n) is 18.3. The average molecular weight is 734 g/mol. The number of nitrogens with zero attached hydrogens (tertiary/aromatic N) is 5. The molecule has 1 N–H and O–H groups in total. The number of carbonyl (C=O) groups excluding carboxylic acids is 3. The van der Waals surface area contributed by atoms with E-state index in [-0.39, 0.29) is 29.9 Å². The highest BCUT2D eigenvalue weighted by atomic mass is 35.5. The molecule has 7 rings (SSSR count). The summed E-state index contributed by atoms with van der Waals surface area (Å²) in [5, 5.41) is 12.8. The molecule has 0 bridgehead atoms. The molecule has 12 nitrogen and oxygen atoms in total. The maximum Gasteiger partial charge on any atom is 0.415 e. The van der Waals surface area contributed by atoms with E-state index < -0.39 is 6.23 Å². The van der Waals surface area contributed by atoms with Crippen molar-refractivity contribution < 1.29 is 33.7 Å². The minimum Gasteiger partial charge on any atom is -0.493 e. The number of rotatable bonds is 10. The molecule has 13 heteroatoms. The Bertz CT molecular complexity index is 1830. The number of ether oxygens (including phenoxy) is 3. The molecular formula is C39H48ClN5O7. The Balaban J connectivity index is 0.987. The van der Waals surface area contributed by atoms with E-state index in [0.29, 0.717) is 86.4 Å². The molecule has 4 aliphatic heterocycles. The number of hydrogen-bond donors (Lipinski definition) is 1. The summed E-state index contributed by atoms with van der Waals surface area (Å²) in [6.45, 7) is 4.28. The van der Waals surface area contributed by atoms with Crippen LogP contribution in [0.4, 0.5) is 16.2 Å². The number of amides is 3. The standard InChI is InChI=1S/C39H48ClN5O7/c1-41-15-17-43(18-16-41)39(49)52-32-22-31-36(27-11-7-6-10-26(27)32)25(23-40)24-45(31)35(46)13-5-4-8-19-51-34-21-30-28(20-33(34)50-3)37(47)44-14-9-12-29(44)38(48)42(30)2/h6-7,10-11,20-22,25,29,38,48H,4-5,8-9,12-19,23-24H2,1-3H3. The molecule has 0 aromatic heterocycles. The number of fused-ring (bicyclic) bond motifs is 5. The van der Waals surface area contributed by atoms with Crippen molar-refractivity contribution in [1.29, 1.82) is 0 Å². The predicted octanol–water partition coefficient (Wildman–Crippen LogP) is 5.28. The number of benzene rings is 3. The van der Waals surface area contributed by atoms with Crippen LogP contribution in [0.25, 0.3) is 10.8 Å². The summed E-state index contributed by atoms with van der Waals surface area (Å²) in [6, 6.07) is 12.9. The third-order valence-corrected chi connectivity index (χ3v) is 11.4. The van der Waals surface area contributed by atoms with Crippen LogP contribution in [0.5, 0.6) is 17.2 Å². The number of carbonyl (C=O) groups is 3. The molecule has 0 saturated carbocycles. The molecule has 3 amide bonds. The lowest BCUT2D eigenvalue weighted by Crippen LogP contribution is -2.48. The topological polar surface area (TPSA) is 115 Å². The maximum absolute atomic E-state index is 13.7. The van der Waals surface area contributed by atoms with E-state index in [4.69, 9.17) is 25.8 Å². The lowest BCUT2D eigenvalue weighted by atomic mass is 9.95. The molecule has 52 heavy (non-hydrogen) atoms. The van der Waals surface area contributed by atoms with Crippen molar-refractivity contribution >= 4 is 51.7 Å². The van der Waals surface area contributed by atoms with E-state index >= 15 is 0 Å². The molecule has 0 aliphatic carbocycles. The second kappa shape index (κ2) is 15.4. The lowest BCUT2D eigenvalue weighted by molar-refractivity contribution is -0.118. The Kier molecular flexibility index (Phi) is 10.7. The van der Waals surface area contributed by atoms with E-state index in [2.05, 4.69) is 4.90 Å². The van der Waals surface area contributed by atoms with Crippen LogP contribution < -0.4 is 24.0 Å². The number of likely N-dealkylation sites (N-methyl/N-ethyl adjacent to an activating group) is 2. The van der Waals surface area contributed by atoms with E-state index in [1.54, 1.807) is 45.9 Å². The highest BCUT2D eigenvalue weighted by molar-refractivity contribution is 6.19. The van der Waals surface area contributed by atoms with Crippen LogP contribution in [0.1, 0.15) is 60.4 Å². The second-order valence-corrected chi connectivity index (χ2v) is 14.6. The zero-order valence-electron chi connectivity index (χ0n) is 30.2. The fourth-order valence-electron chi connectivity index (χ4n) is 8.07. The fraction of sp³-hybridized carbons (Fsp3) is 0.513. The maximum atomic E-state index is 13.7. The number of hydrogen-bond acceptors (Lipinski definition) is 9. The van der Waals surface area contributed by atoms with Gasteiger partial charge in [0.15, 0.2) is 11.5 Å². The van der Waals surface area contributed by atoms with Gasteiger partial charge in [-0.3, -0.25) is 9.59 Å². The monoisotopic (exact) mass is 733 g/mol. The SMILES string of the molecule is COc1cc2c(cc1OCCCCCC(=O)N1CC(CCl)c3c1cc(OC(=O)N1CCN(C)CC1)c1ccccc31)N(C)C(O)C1CCCN1C2=O. The van der Waals surface area contributed by atoms with Gasteiger partial charge in [0.2, 0.25) is 5.91 Å². The summed E-state index contributed by atoms with van der Waals surface area (Å²) in [4.78, 5) is 49.5. The van der Waals surface area contributed by atoms with Gasteiger partial charge < -0.3 is 43.8 Å². The van der Waals surface area contributed by atoms with Crippen LogP contribution in [0, 0.1) is 0 Å². The predicted molar refractivity (Wildman–Crippen MR) is 200 cm³/mol. The number of methoxy groups -OCH3 is 1. The van der Waals surface area contributed by atoms with Crippen LogP contribution >= 0.6 is 11.6 Å². The normalized spacial score (nSPS) is 21.6. The van der Waals surface area contributed by atoms with Crippen molar-refractivity contribution in [1.82, 2.24) is 14.7 Å². The van der Waals surface area contributed by atoms with Gasteiger partial charge >= 0.3 is 6.09 Å². The van der Waals surface area contributed by atoms with Crippen molar-refractivity contribution in [2.45, 2.75) is 56.7 Å². The number of alkyl halides is 1. The largest absolute Gasteiger partial charge is 0.493 e. The molecule has 0 radical (unpaired) electrons. The first kappa shape index (κ1) is 36.1. The molecule has 278 valence electrons. The molecule has 0 spiro atoms. The lowest BCUT2D eigenvalue weighted by Gasteiger charge is -2.31. The minimum absolute atomic E-state index is 0.000556. The third-order valence-electron chi connectivity index (χ3n) is 11.1. The zero-order chi connectivity index (χ0) is 36.5. The van der Waals surface area contributed by atoms with Crippen molar-refractivity contribution in [3.05, 3.63) is 53.6 Å². The summed E-state index contributed by atoms with van der Waals surface area (Å²) in [7, 11) is 5.38. The summed E-state index contributed by atoms with van der Waals surface area (Å²) in [5.41, 5.74) is 2.87. The number of piperazine rings is 1. The van der Waals surface area contributed by atoms with Gasteiger partial charge in [0, 0.05) is 82.1 Å². The summed E-state index contributed by atoms with van der Waals surface area (Å²) in [5.74, 6) is 1.64. The van der Waals surface area contributed by atoms with E-state index in [0.717, 1.165) is 54.4 Å².